The third-order valence-electron chi connectivity index (χ3n) is 5.77. The Morgan fingerprint density at radius 3 is 2.45 bits per heavy atom. The van der Waals surface area contributed by atoms with Crippen molar-refractivity contribution in [3.63, 3.8) is 0 Å². The highest BCUT2D eigenvalue weighted by atomic mass is 35.5. The first-order chi connectivity index (χ1) is 10.3. The van der Waals surface area contributed by atoms with Crippen LogP contribution in [0.4, 0.5) is 0 Å². The van der Waals surface area contributed by atoms with Gasteiger partial charge in [-0.2, -0.15) is 0 Å². The Morgan fingerprint density at radius 2 is 1.91 bits per heavy atom. The highest BCUT2D eigenvalue weighted by molar-refractivity contribution is 6.21. The quantitative estimate of drug-likeness (QED) is 0.743. The molecule has 4 unspecified atom stereocenters. The Labute approximate surface area is 139 Å². The van der Waals surface area contributed by atoms with Crippen molar-refractivity contribution in [1.29, 1.82) is 0 Å². The van der Waals surface area contributed by atoms with E-state index < -0.39 is 0 Å². The van der Waals surface area contributed by atoms with E-state index in [0.29, 0.717) is 12.5 Å². The standard InChI is InChI=1S/C19H27ClO2/c1-12(2)19-10-17(18(5,22-19)9-16(19)20)21-11-15-13(3)7-6-8-14(15)4/h6-8,12,16-17H,9-11H2,1-5H3. The lowest BCUT2D eigenvalue weighted by Crippen LogP contribution is -2.45. The van der Waals surface area contributed by atoms with E-state index >= 15 is 0 Å². The van der Waals surface area contributed by atoms with Gasteiger partial charge < -0.3 is 9.47 Å². The molecule has 0 spiro atoms. The summed E-state index contributed by atoms with van der Waals surface area (Å²) in [5.74, 6) is 0.408. The second-order valence-electron chi connectivity index (χ2n) is 7.57. The number of hydrogen-bond acceptors (Lipinski definition) is 2. The Morgan fingerprint density at radius 1 is 1.27 bits per heavy atom. The third-order valence-corrected chi connectivity index (χ3v) is 6.30. The van der Waals surface area contributed by atoms with Crippen molar-refractivity contribution < 1.29 is 9.47 Å². The zero-order chi connectivity index (χ0) is 16.1. The van der Waals surface area contributed by atoms with Crippen LogP contribution in [0.2, 0.25) is 0 Å². The van der Waals surface area contributed by atoms with E-state index in [1.54, 1.807) is 0 Å². The van der Waals surface area contributed by atoms with Gasteiger partial charge in [-0.05, 0) is 49.8 Å². The molecule has 122 valence electrons. The van der Waals surface area contributed by atoms with E-state index in [4.69, 9.17) is 21.1 Å². The zero-order valence-electron chi connectivity index (χ0n) is 14.3. The van der Waals surface area contributed by atoms with E-state index in [9.17, 15) is 0 Å². The molecular weight excluding hydrogens is 296 g/mol. The van der Waals surface area contributed by atoms with E-state index in [1.807, 2.05) is 0 Å². The number of fused-ring (bicyclic) bond motifs is 2. The lowest BCUT2D eigenvalue weighted by atomic mass is 9.75. The monoisotopic (exact) mass is 322 g/mol. The van der Waals surface area contributed by atoms with Gasteiger partial charge in [-0.15, -0.1) is 11.6 Å². The summed E-state index contributed by atoms with van der Waals surface area (Å²) in [5, 5.41) is 0.0950. The van der Waals surface area contributed by atoms with Gasteiger partial charge in [0, 0.05) is 6.42 Å². The first kappa shape index (κ1) is 16.3. The fourth-order valence-electron chi connectivity index (χ4n) is 4.15. The SMILES string of the molecule is Cc1cccc(C)c1COC1CC2(C(C)C)OC1(C)CC2Cl. The van der Waals surface area contributed by atoms with Crippen LogP contribution in [0.25, 0.3) is 0 Å². The molecule has 4 atom stereocenters. The first-order valence-corrected chi connectivity index (χ1v) is 8.73. The Balaban J connectivity index is 1.75. The summed E-state index contributed by atoms with van der Waals surface area (Å²) in [7, 11) is 0. The fraction of sp³-hybridized carbons (Fsp3) is 0.684. The smallest absolute Gasteiger partial charge is 0.0939 e. The van der Waals surface area contributed by atoms with Gasteiger partial charge in [0.25, 0.3) is 0 Å². The molecule has 0 saturated carbocycles. The van der Waals surface area contributed by atoms with E-state index in [2.05, 4.69) is 52.8 Å². The molecule has 2 fully saturated rings. The van der Waals surface area contributed by atoms with Gasteiger partial charge in [0.2, 0.25) is 0 Å². The molecule has 2 aliphatic heterocycles. The van der Waals surface area contributed by atoms with E-state index in [1.165, 1.54) is 16.7 Å². The van der Waals surface area contributed by atoms with Crippen LogP contribution in [-0.4, -0.2) is 22.7 Å². The summed E-state index contributed by atoms with van der Waals surface area (Å²) < 4.78 is 12.8. The predicted octanol–water partition coefficient (Wildman–Crippen LogP) is 4.77. The molecule has 1 aromatic carbocycles. The highest BCUT2D eigenvalue weighted by Gasteiger charge is 2.65. The van der Waals surface area contributed by atoms with Gasteiger partial charge in [0.05, 0.1) is 29.3 Å². The van der Waals surface area contributed by atoms with Crippen LogP contribution in [0.1, 0.15) is 50.3 Å². The molecule has 3 heteroatoms. The van der Waals surface area contributed by atoms with E-state index in [-0.39, 0.29) is 22.7 Å². The molecule has 2 heterocycles. The van der Waals surface area contributed by atoms with Gasteiger partial charge >= 0.3 is 0 Å². The van der Waals surface area contributed by atoms with Crippen molar-refractivity contribution in [1.82, 2.24) is 0 Å². The maximum Gasteiger partial charge on any atom is 0.0939 e. The van der Waals surface area contributed by atoms with Gasteiger partial charge in [0.1, 0.15) is 0 Å². The van der Waals surface area contributed by atoms with Crippen LogP contribution < -0.4 is 0 Å². The van der Waals surface area contributed by atoms with Gasteiger partial charge in [-0.3, -0.25) is 0 Å². The molecular formula is C19H27ClO2. The molecule has 0 N–H and O–H groups in total. The molecule has 22 heavy (non-hydrogen) atoms. The summed E-state index contributed by atoms with van der Waals surface area (Å²) in [6, 6.07) is 6.40. The topological polar surface area (TPSA) is 18.5 Å². The van der Waals surface area contributed by atoms with Crippen molar-refractivity contribution in [2.24, 2.45) is 5.92 Å². The second-order valence-corrected chi connectivity index (χ2v) is 8.10. The van der Waals surface area contributed by atoms with Gasteiger partial charge in [0.15, 0.2) is 0 Å². The molecule has 0 aliphatic carbocycles. The number of benzene rings is 1. The van der Waals surface area contributed by atoms with Crippen LogP contribution in [0, 0.1) is 19.8 Å². The van der Waals surface area contributed by atoms with Crippen molar-refractivity contribution >= 4 is 11.6 Å². The summed E-state index contributed by atoms with van der Waals surface area (Å²) >= 11 is 6.60. The number of hydrogen-bond donors (Lipinski definition) is 0. The molecule has 3 rings (SSSR count). The van der Waals surface area contributed by atoms with Crippen molar-refractivity contribution in [2.45, 2.75) is 76.8 Å². The molecule has 2 aliphatic rings. The molecule has 0 amide bonds. The fourth-order valence-corrected chi connectivity index (χ4v) is 4.84. The molecule has 2 saturated heterocycles. The molecule has 0 radical (unpaired) electrons. The summed E-state index contributed by atoms with van der Waals surface area (Å²) in [4.78, 5) is 0. The lowest BCUT2D eigenvalue weighted by Gasteiger charge is -2.35. The maximum atomic E-state index is 6.60. The van der Waals surface area contributed by atoms with Gasteiger partial charge in [-0.25, -0.2) is 0 Å². The predicted molar refractivity (Wildman–Crippen MR) is 90.4 cm³/mol. The number of halogens is 1. The summed E-state index contributed by atoms with van der Waals surface area (Å²) in [6.07, 6.45) is 1.91. The minimum absolute atomic E-state index is 0.0950. The molecule has 2 bridgehead atoms. The van der Waals surface area contributed by atoms with Crippen molar-refractivity contribution in [3.05, 3.63) is 34.9 Å². The van der Waals surface area contributed by atoms with Crippen LogP contribution in [0.3, 0.4) is 0 Å². The van der Waals surface area contributed by atoms with Crippen LogP contribution in [-0.2, 0) is 16.1 Å². The minimum atomic E-state index is -0.243. The number of rotatable bonds is 4. The van der Waals surface area contributed by atoms with E-state index in [0.717, 1.165) is 12.8 Å². The van der Waals surface area contributed by atoms with Crippen LogP contribution >= 0.6 is 11.6 Å². The Kier molecular flexibility index (Phi) is 4.08. The van der Waals surface area contributed by atoms with Crippen LogP contribution in [0.5, 0.6) is 0 Å². The average Bonchev–Trinajstić information content (AvgIpc) is 2.86. The highest BCUT2D eigenvalue weighted by Crippen LogP contribution is 2.57. The number of ether oxygens (including phenoxy) is 2. The second kappa shape index (κ2) is 5.51. The van der Waals surface area contributed by atoms with Gasteiger partial charge in [-0.1, -0.05) is 32.0 Å². The summed E-state index contributed by atoms with van der Waals surface area (Å²) in [5.41, 5.74) is 3.43. The number of aryl methyl sites for hydroxylation is 2. The summed E-state index contributed by atoms with van der Waals surface area (Å²) in [6.45, 7) is 11.5. The normalized spacial score (nSPS) is 37.2. The van der Waals surface area contributed by atoms with Crippen LogP contribution in [0.15, 0.2) is 18.2 Å². The largest absolute Gasteiger partial charge is 0.370 e. The molecule has 2 nitrogen and oxygen atoms in total. The Hall–Kier alpha value is -0.570. The molecule has 1 aromatic rings. The zero-order valence-corrected chi connectivity index (χ0v) is 15.0. The Bertz CT molecular complexity index is 550. The first-order valence-electron chi connectivity index (χ1n) is 8.29. The average molecular weight is 323 g/mol. The van der Waals surface area contributed by atoms with Crippen molar-refractivity contribution in [2.75, 3.05) is 0 Å². The minimum Gasteiger partial charge on any atom is -0.370 e. The molecule has 0 aromatic heterocycles. The van der Waals surface area contributed by atoms with Crippen molar-refractivity contribution in [3.8, 4) is 0 Å². The number of alkyl halides is 1. The maximum absolute atomic E-state index is 6.60. The lowest BCUT2D eigenvalue weighted by molar-refractivity contribution is -0.0958. The third kappa shape index (κ3) is 2.40.